The van der Waals surface area contributed by atoms with Crippen LogP contribution in [0.2, 0.25) is 10.0 Å². The molecule has 2 aliphatic rings. The number of hydrogen-bond donors (Lipinski definition) is 1. The zero-order valence-corrected chi connectivity index (χ0v) is 19.4. The molecule has 32 heavy (non-hydrogen) atoms. The minimum atomic E-state index is -1.11. The number of nitrogens with one attached hydrogen (secondary N) is 1. The van der Waals surface area contributed by atoms with E-state index in [4.69, 9.17) is 28.5 Å². The summed E-state index contributed by atoms with van der Waals surface area (Å²) in [7, 11) is 0. The van der Waals surface area contributed by atoms with Crippen molar-refractivity contribution < 1.29 is 4.39 Å². The highest BCUT2D eigenvalue weighted by molar-refractivity contribution is 6.43. The normalized spacial score (nSPS) is 24.2. The van der Waals surface area contributed by atoms with E-state index in [9.17, 15) is 0 Å². The van der Waals surface area contributed by atoms with Gasteiger partial charge in [0.1, 0.15) is 11.7 Å². The first-order valence-electron chi connectivity index (χ1n) is 11.0. The smallest absolute Gasteiger partial charge is 0.222 e. The van der Waals surface area contributed by atoms with Gasteiger partial charge in [0.05, 0.1) is 33.7 Å². The van der Waals surface area contributed by atoms with Crippen LogP contribution in [0.3, 0.4) is 0 Å². The Morgan fingerprint density at radius 1 is 1.12 bits per heavy atom. The second-order valence-corrected chi connectivity index (χ2v) is 9.41. The fourth-order valence-electron chi connectivity index (χ4n) is 4.48. The molecule has 1 aromatic carbocycles. The first-order valence-corrected chi connectivity index (χ1v) is 11.8. The Balaban J connectivity index is 1.20. The zero-order chi connectivity index (χ0) is 22.6. The van der Waals surface area contributed by atoms with Crippen molar-refractivity contribution in [3.63, 3.8) is 0 Å². The lowest BCUT2D eigenvalue weighted by Crippen LogP contribution is -2.48. The van der Waals surface area contributed by atoms with E-state index in [0.29, 0.717) is 40.8 Å². The molecule has 0 unspecified atom stereocenters. The summed E-state index contributed by atoms with van der Waals surface area (Å²) in [5.41, 5.74) is 0.285. The van der Waals surface area contributed by atoms with Gasteiger partial charge in [-0.1, -0.05) is 29.3 Å². The molecule has 0 radical (unpaired) electrons. The number of halogens is 3. The van der Waals surface area contributed by atoms with Crippen molar-refractivity contribution in [2.24, 2.45) is 0 Å². The molecular formula is C23H27Cl2FN6. The van der Waals surface area contributed by atoms with Crippen LogP contribution in [0.1, 0.15) is 37.7 Å². The fourth-order valence-corrected chi connectivity index (χ4v) is 4.89. The van der Waals surface area contributed by atoms with Gasteiger partial charge in [0.15, 0.2) is 0 Å². The van der Waals surface area contributed by atoms with Gasteiger partial charge in [-0.05, 0) is 44.2 Å². The van der Waals surface area contributed by atoms with Gasteiger partial charge in [0.2, 0.25) is 5.95 Å². The molecule has 6 nitrogen and oxygen atoms in total. The molecule has 1 aliphatic carbocycles. The monoisotopic (exact) mass is 476 g/mol. The number of nitriles is 1. The van der Waals surface area contributed by atoms with Crippen LogP contribution in [0.25, 0.3) is 0 Å². The van der Waals surface area contributed by atoms with Gasteiger partial charge in [0, 0.05) is 38.8 Å². The molecule has 1 saturated heterocycles. The molecule has 1 N–H and O–H groups in total. The van der Waals surface area contributed by atoms with Crippen LogP contribution < -0.4 is 10.2 Å². The minimum Gasteiger partial charge on any atom is -0.368 e. The van der Waals surface area contributed by atoms with Crippen LogP contribution in [-0.2, 0) is 0 Å². The first-order chi connectivity index (χ1) is 15.5. The van der Waals surface area contributed by atoms with Gasteiger partial charge < -0.3 is 10.2 Å². The number of aromatic nitrogens is 2. The van der Waals surface area contributed by atoms with Crippen molar-refractivity contribution in [1.29, 1.82) is 5.26 Å². The number of nitrogens with zero attached hydrogens (tertiary/aromatic N) is 5. The van der Waals surface area contributed by atoms with Crippen LogP contribution in [-0.4, -0.2) is 59.3 Å². The summed E-state index contributed by atoms with van der Waals surface area (Å²) in [5.74, 6) is 0.498. The summed E-state index contributed by atoms with van der Waals surface area (Å²) in [6.45, 7) is 4.26. The van der Waals surface area contributed by atoms with Crippen molar-refractivity contribution >= 4 is 34.8 Å². The largest absolute Gasteiger partial charge is 0.368 e. The van der Waals surface area contributed by atoms with E-state index in [1.165, 1.54) is 12.4 Å². The van der Waals surface area contributed by atoms with E-state index in [-0.39, 0.29) is 6.04 Å². The predicted molar refractivity (Wildman–Crippen MR) is 126 cm³/mol. The Morgan fingerprint density at radius 2 is 1.81 bits per heavy atom. The van der Waals surface area contributed by atoms with Gasteiger partial charge >= 0.3 is 0 Å². The van der Waals surface area contributed by atoms with Gasteiger partial charge in [0.25, 0.3) is 0 Å². The molecule has 0 spiro atoms. The van der Waals surface area contributed by atoms with E-state index in [1.54, 1.807) is 6.07 Å². The summed E-state index contributed by atoms with van der Waals surface area (Å²) in [4.78, 5) is 12.9. The molecule has 2 fully saturated rings. The van der Waals surface area contributed by atoms with E-state index in [2.05, 4.69) is 25.1 Å². The van der Waals surface area contributed by atoms with E-state index in [1.807, 2.05) is 18.2 Å². The van der Waals surface area contributed by atoms with Crippen LogP contribution in [0.15, 0.2) is 30.6 Å². The average molecular weight is 477 g/mol. The molecule has 0 amide bonds. The zero-order valence-electron chi connectivity index (χ0n) is 17.9. The summed E-state index contributed by atoms with van der Waals surface area (Å²) < 4.78 is 15.4. The molecule has 0 bridgehead atoms. The highest BCUT2D eigenvalue weighted by Crippen LogP contribution is 2.36. The molecule has 4 rings (SSSR count). The van der Waals surface area contributed by atoms with Gasteiger partial charge in [-0.3, -0.25) is 4.90 Å². The molecule has 1 aromatic heterocycles. The first kappa shape index (κ1) is 23.0. The third kappa shape index (κ3) is 5.61. The topological polar surface area (TPSA) is 68.1 Å². The average Bonchev–Trinajstić information content (AvgIpc) is 2.82. The van der Waals surface area contributed by atoms with Gasteiger partial charge in [-0.15, -0.1) is 0 Å². The van der Waals surface area contributed by atoms with Crippen molar-refractivity contribution in [2.45, 2.75) is 43.8 Å². The third-order valence-corrected chi connectivity index (χ3v) is 7.33. The lowest BCUT2D eigenvalue weighted by Gasteiger charge is -2.39. The molecule has 1 aliphatic heterocycles. The number of rotatable bonds is 6. The molecular weight excluding hydrogens is 450 g/mol. The van der Waals surface area contributed by atoms with E-state index >= 15 is 4.39 Å². The molecule has 1 saturated carbocycles. The maximum Gasteiger partial charge on any atom is 0.222 e. The van der Waals surface area contributed by atoms with Crippen LogP contribution >= 0.6 is 23.2 Å². The maximum absolute atomic E-state index is 15.4. The molecule has 0 atom stereocenters. The fraction of sp³-hybridized carbons (Fsp3) is 0.522. The summed E-state index contributed by atoms with van der Waals surface area (Å²) in [6, 6.07) is 7.88. The molecule has 2 heterocycles. The standard InChI is InChI=1S/C23H27Cl2FN6/c24-19-2-1-3-20(21(19)25)32-12-10-31(11-13-32)9-8-23(26)6-4-18(5-7-23)30-22-28-15-17(14-27)16-29-22/h1-3,15-16,18H,4-13H2,(H,28,29,30). The Kier molecular flexibility index (Phi) is 7.34. The maximum atomic E-state index is 15.4. The van der Waals surface area contributed by atoms with Crippen molar-refractivity contribution in [2.75, 3.05) is 42.9 Å². The van der Waals surface area contributed by atoms with Crippen molar-refractivity contribution in [1.82, 2.24) is 14.9 Å². The minimum absolute atomic E-state index is 0.165. The third-order valence-electron chi connectivity index (χ3n) is 6.52. The van der Waals surface area contributed by atoms with E-state index < -0.39 is 5.67 Å². The number of piperazine rings is 1. The quantitative estimate of drug-likeness (QED) is 0.637. The number of anilines is 2. The van der Waals surface area contributed by atoms with E-state index in [0.717, 1.165) is 51.3 Å². The SMILES string of the molecule is N#Cc1cnc(NC2CCC(F)(CCN3CCN(c4cccc(Cl)c4Cl)CC3)CC2)nc1. The number of hydrogen-bond acceptors (Lipinski definition) is 6. The Bertz CT molecular complexity index is 948. The summed E-state index contributed by atoms with van der Waals surface area (Å²) in [5, 5.41) is 13.3. The van der Waals surface area contributed by atoms with Crippen LogP contribution in [0.4, 0.5) is 16.0 Å². The van der Waals surface area contributed by atoms with Crippen LogP contribution in [0, 0.1) is 11.3 Å². The predicted octanol–water partition coefficient (Wildman–Crippen LogP) is 4.93. The second-order valence-electron chi connectivity index (χ2n) is 8.63. The Morgan fingerprint density at radius 3 is 2.47 bits per heavy atom. The highest BCUT2D eigenvalue weighted by Gasteiger charge is 2.36. The second kappa shape index (κ2) is 10.2. The lowest BCUT2D eigenvalue weighted by molar-refractivity contribution is 0.0748. The van der Waals surface area contributed by atoms with Crippen LogP contribution in [0.5, 0.6) is 0 Å². The Hall–Kier alpha value is -2.14. The number of alkyl halides is 1. The lowest BCUT2D eigenvalue weighted by atomic mass is 9.81. The highest BCUT2D eigenvalue weighted by atomic mass is 35.5. The Labute approximate surface area is 198 Å². The summed E-state index contributed by atoms with van der Waals surface area (Å²) >= 11 is 12.5. The molecule has 170 valence electrons. The summed E-state index contributed by atoms with van der Waals surface area (Å²) in [6.07, 6.45) is 6.14. The van der Waals surface area contributed by atoms with Gasteiger partial charge in [-0.25, -0.2) is 14.4 Å². The van der Waals surface area contributed by atoms with Crippen molar-refractivity contribution in [3.05, 3.63) is 46.2 Å². The van der Waals surface area contributed by atoms with Crippen molar-refractivity contribution in [3.8, 4) is 6.07 Å². The van der Waals surface area contributed by atoms with Gasteiger partial charge in [-0.2, -0.15) is 5.26 Å². The number of benzene rings is 1. The molecule has 2 aromatic rings. The molecule has 9 heteroatoms.